The van der Waals surface area contributed by atoms with Gasteiger partial charge < -0.3 is 20.7 Å². The summed E-state index contributed by atoms with van der Waals surface area (Å²) in [7, 11) is 0. The van der Waals surface area contributed by atoms with Crippen LogP contribution < -0.4 is 11.1 Å². The van der Waals surface area contributed by atoms with E-state index < -0.39 is 0 Å². The van der Waals surface area contributed by atoms with Crippen molar-refractivity contribution in [3.8, 4) is 0 Å². The predicted molar refractivity (Wildman–Crippen MR) is 85.8 cm³/mol. The molecule has 1 saturated heterocycles. The number of morpholine rings is 1. The molecule has 2 heterocycles. The lowest BCUT2D eigenvalue weighted by molar-refractivity contribution is -0.0442. The summed E-state index contributed by atoms with van der Waals surface area (Å²) in [5.74, 6) is 0.286. The average Bonchev–Trinajstić information content (AvgIpc) is 2.85. The van der Waals surface area contributed by atoms with E-state index in [1.165, 1.54) is 11.3 Å². The predicted octanol–water partition coefficient (Wildman–Crippen LogP) is 2.19. The second-order valence-electron chi connectivity index (χ2n) is 5.32. The van der Waals surface area contributed by atoms with Gasteiger partial charge in [-0.1, -0.05) is 25.2 Å². The van der Waals surface area contributed by atoms with E-state index in [9.17, 15) is 4.79 Å². The van der Waals surface area contributed by atoms with E-state index in [0.717, 1.165) is 19.4 Å². The zero-order valence-corrected chi connectivity index (χ0v) is 13.7. The van der Waals surface area contributed by atoms with Gasteiger partial charge in [0.2, 0.25) is 0 Å². The summed E-state index contributed by atoms with van der Waals surface area (Å²) >= 11 is 1.34. The summed E-state index contributed by atoms with van der Waals surface area (Å²) in [5, 5.41) is 3.89. The fourth-order valence-corrected chi connectivity index (χ4v) is 3.22. The van der Waals surface area contributed by atoms with Crippen molar-refractivity contribution >= 4 is 28.2 Å². The number of nitrogen functional groups attached to an aromatic ring is 1. The SMILES string of the molecule is CCCNc1nc(N)c(C(=O)N2CC(C)OCC2CC)s1. The molecular weight excluding hydrogens is 288 g/mol. The molecule has 118 valence electrons. The molecule has 0 aromatic carbocycles. The molecule has 1 fully saturated rings. The maximum Gasteiger partial charge on any atom is 0.268 e. The Labute approximate surface area is 129 Å². The molecule has 0 spiro atoms. The molecule has 2 rings (SSSR count). The fraction of sp³-hybridized carbons (Fsp3) is 0.714. The van der Waals surface area contributed by atoms with Crippen LogP contribution in [0.3, 0.4) is 0 Å². The molecule has 0 radical (unpaired) electrons. The number of amides is 1. The minimum absolute atomic E-state index is 0.0310. The Morgan fingerprint density at radius 2 is 2.33 bits per heavy atom. The zero-order chi connectivity index (χ0) is 15.4. The Hall–Kier alpha value is -1.34. The third kappa shape index (κ3) is 3.65. The van der Waals surface area contributed by atoms with E-state index in [0.29, 0.717) is 29.0 Å². The normalized spacial score (nSPS) is 22.3. The minimum Gasteiger partial charge on any atom is -0.382 e. The molecule has 1 aliphatic rings. The van der Waals surface area contributed by atoms with E-state index in [1.54, 1.807) is 0 Å². The number of hydrogen-bond donors (Lipinski definition) is 2. The van der Waals surface area contributed by atoms with Crippen molar-refractivity contribution in [1.82, 2.24) is 9.88 Å². The highest BCUT2D eigenvalue weighted by atomic mass is 32.1. The standard InChI is InChI=1S/C14H24N4O2S/c1-4-6-16-14-17-12(15)11(21-14)13(19)18-7-9(3)20-8-10(18)5-2/h9-10H,4-8,15H2,1-3H3,(H,16,17). The number of anilines is 2. The maximum absolute atomic E-state index is 12.8. The Morgan fingerprint density at radius 3 is 3.00 bits per heavy atom. The molecule has 6 nitrogen and oxygen atoms in total. The maximum atomic E-state index is 12.8. The summed E-state index contributed by atoms with van der Waals surface area (Å²) in [4.78, 5) is 19.4. The third-order valence-corrected chi connectivity index (χ3v) is 4.59. The van der Waals surface area contributed by atoms with E-state index in [-0.39, 0.29) is 18.1 Å². The van der Waals surface area contributed by atoms with Crippen LogP contribution in [0.25, 0.3) is 0 Å². The highest BCUT2D eigenvalue weighted by Crippen LogP contribution is 2.28. The fourth-order valence-electron chi connectivity index (χ4n) is 2.35. The molecular formula is C14H24N4O2S. The van der Waals surface area contributed by atoms with Gasteiger partial charge >= 0.3 is 0 Å². The van der Waals surface area contributed by atoms with Gasteiger partial charge in [-0.3, -0.25) is 4.79 Å². The van der Waals surface area contributed by atoms with Gasteiger partial charge in [0, 0.05) is 13.1 Å². The third-order valence-electron chi connectivity index (χ3n) is 3.57. The second kappa shape index (κ2) is 7.09. The number of hydrogen-bond acceptors (Lipinski definition) is 6. The van der Waals surface area contributed by atoms with Crippen LogP contribution in [0.2, 0.25) is 0 Å². The van der Waals surface area contributed by atoms with Crippen molar-refractivity contribution in [3.63, 3.8) is 0 Å². The first-order valence-electron chi connectivity index (χ1n) is 7.49. The number of thiazole rings is 1. The number of aromatic nitrogens is 1. The van der Waals surface area contributed by atoms with E-state index in [2.05, 4.69) is 24.1 Å². The molecule has 1 aliphatic heterocycles. The summed E-state index contributed by atoms with van der Waals surface area (Å²) in [6, 6.07) is 0.113. The van der Waals surface area contributed by atoms with Gasteiger partial charge in [0.1, 0.15) is 10.7 Å². The van der Waals surface area contributed by atoms with Gasteiger partial charge in [-0.2, -0.15) is 0 Å². The van der Waals surface area contributed by atoms with Crippen molar-refractivity contribution in [1.29, 1.82) is 0 Å². The minimum atomic E-state index is -0.0310. The van der Waals surface area contributed by atoms with Crippen LogP contribution in [-0.2, 0) is 4.74 Å². The Bertz CT molecular complexity index is 491. The van der Waals surface area contributed by atoms with Gasteiger partial charge in [-0.15, -0.1) is 0 Å². The number of carbonyl (C=O) groups excluding carboxylic acids is 1. The Kier molecular flexibility index (Phi) is 5.41. The lowest BCUT2D eigenvalue weighted by Crippen LogP contribution is -2.51. The largest absolute Gasteiger partial charge is 0.382 e. The second-order valence-corrected chi connectivity index (χ2v) is 6.32. The summed E-state index contributed by atoms with van der Waals surface area (Å²) in [6.07, 6.45) is 1.93. The van der Waals surface area contributed by atoms with Crippen LogP contribution in [0.5, 0.6) is 0 Å². The van der Waals surface area contributed by atoms with E-state index in [1.807, 2.05) is 11.8 Å². The van der Waals surface area contributed by atoms with Crippen LogP contribution >= 0.6 is 11.3 Å². The molecule has 1 aromatic rings. The lowest BCUT2D eigenvalue weighted by atomic mass is 10.1. The number of ether oxygens (including phenoxy) is 1. The summed E-state index contributed by atoms with van der Waals surface area (Å²) in [6.45, 7) is 8.14. The lowest BCUT2D eigenvalue weighted by Gasteiger charge is -2.38. The molecule has 1 aromatic heterocycles. The number of carbonyl (C=O) groups is 1. The molecule has 1 amide bonds. The van der Waals surface area contributed by atoms with Gasteiger partial charge in [0.05, 0.1) is 18.8 Å². The smallest absolute Gasteiger partial charge is 0.268 e. The van der Waals surface area contributed by atoms with Crippen LogP contribution in [0.4, 0.5) is 10.9 Å². The van der Waals surface area contributed by atoms with Crippen molar-refractivity contribution in [2.24, 2.45) is 0 Å². The Morgan fingerprint density at radius 1 is 1.57 bits per heavy atom. The molecule has 7 heteroatoms. The number of nitrogens with two attached hydrogens (primary N) is 1. The summed E-state index contributed by atoms with van der Waals surface area (Å²) in [5.41, 5.74) is 5.92. The van der Waals surface area contributed by atoms with Crippen LogP contribution in [0.1, 0.15) is 43.3 Å². The van der Waals surface area contributed by atoms with Crippen molar-refractivity contribution in [2.75, 3.05) is 30.7 Å². The molecule has 21 heavy (non-hydrogen) atoms. The molecule has 2 unspecified atom stereocenters. The van der Waals surface area contributed by atoms with Crippen LogP contribution in [0.15, 0.2) is 0 Å². The molecule has 0 saturated carbocycles. The van der Waals surface area contributed by atoms with Crippen LogP contribution in [0, 0.1) is 0 Å². The quantitative estimate of drug-likeness (QED) is 0.871. The molecule has 2 atom stereocenters. The first-order valence-corrected chi connectivity index (χ1v) is 8.31. The van der Waals surface area contributed by atoms with Crippen molar-refractivity contribution in [3.05, 3.63) is 4.88 Å². The van der Waals surface area contributed by atoms with Crippen LogP contribution in [-0.4, -0.2) is 47.6 Å². The van der Waals surface area contributed by atoms with E-state index >= 15 is 0 Å². The summed E-state index contributed by atoms with van der Waals surface area (Å²) < 4.78 is 5.64. The first-order chi connectivity index (χ1) is 10.1. The van der Waals surface area contributed by atoms with Gasteiger partial charge in [0.15, 0.2) is 5.13 Å². The van der Waals surface area contributed by atoms with Crippen molar-refractivity contribution < 1.29 is 9.53 Å². The Balaban J connectivity index is 2.15. The zero-order valence-electron chi connectivity index (χ0n) is 12.9. The number of rotatable bonds is 5. The van der Waals surface area contributed by atoms with Gasteiger partial charge in [-0.25, -0.2) is 4.98 Å². The van der Waals surface area contributed by atoms with Gasteiger partial charge in [0.25, 0.3) is 5.91 Å². The number of nitrogens with one attached hydrogen (secondary N) is 1. The average molecular weight is 312 g/mol. The molecule has 3 N–H and O–H groups in total. The highest BCUT2D eigenvalue weighted by molar-refractivity contribution is 7.18. The topological polar surface area (TPSA) is 80.5 Å². The van der Waals surface area contributed by atoms with E-state index in [4.69, 9.17) is 10.5 Å². The van der Waals surface area contributed by atoms with Crippen molar-refractivity contribution in [2.45, 2.75) is 45.8 Å². The molecule has 0 aliphatic carbocycles. The number of nitrogens with zero attached hydrogens (tertiary/aromatic N) is 2. The first kappa shape index (κ1) is 16.0. The monoisotopic (exact) mass is 312 g/mol. The van der Waals surface area contributed by atoms with Gasteiger partial charge in [-0.05, 0) is 19.8 Å². The highest BCUT2D eigenvalue weighted by Gasteiger charge is 2.32. The molecule has 0 bridgehead atoms.